The molecule has 0 aliphatic carbocycles. The third kappa shape index (κ3) is 3.56. The van der Waals surface area contributed by atoms with Crippen molar-refractivity contribution in [2.24, 2.45) is 0 Å². The Hall–Kier alpha value is -1.21. The molecule has 0 radical (unpaired) electrons. The Bertz CT molecular complexity index is 1230. The minimum atomic E-state index is 0.157. The van der Waals surface area contributed by atoms with Crippen LogP contribution in [0.25, 0.3) is 32.7 Å². The first-order valence-corrected chi connectivity index (χ1v) is 12.2. The SMILES string of the molecule is COc1cc(C)c2cc(I)cc(O)c2c1-c1c(OC)cc(I)c2cc(I)cc(O)c12. The Labute approximate surface area is 215 Å². The van der Waals surface area contributed by atoms with Gasteiger partial charge in [-0.3, -0.25) is 0 Å². The van der Waals surface area contributed by atoms with Gasteiger partial charge in [-0.15, -0.1) is 0 Å². The number of phenols is 2. The highest BCUT2D eigenvalue weighted by Crippen LogP contribution is 2.51. The number of ether oxygens (including phenoxy) is 2. The highest BCUT2D eigenvalue weighted by molar-refractivity contribution is 14.1. The predicted octanol–water partition coefficient (Wildman–Crippen LogP) is 7.21. The molecule has 0 fully saturated rings. The molecule has 4 aromatic rings. The van der Waals surface area contributed by atoms with E-state index in [2.05, 4.69) is 67.8 Å². The average Bonchev–Trinajstić information content (AvgIpc) is 2.68. The highest BCUT2D eigenvalue weighted by atomic mass is 127. The number of halogens is 3. The van der Waals surface area contributed by atoms with Crippen LogP contribution >= 0.6 is 67.8 Å². The zero-order valence-corrected chi connectivity index (χ0v) is 22.8. The number of benzene rings is 4. The van der Waals surface area contributed by atoms with E-state index < -0.39 is 0 Å². The van der Waals surface area contributed by atoms with Crippen molar-refractivity contribution in [3.63, 3.8) is 0 Å². The van der Waals surface area contributed by atoms with Gasteiger partial charge in [0.25, 0.3) is 0 Å². The van der Waals surface area contributed by atoms with Crippen molar-refractivity contribution < 1.29 is 19.7 Å². The predicted molar refractivity (Wildman–Crippen MR) is 146 cm³/mol. The molecule has 0 heterocycles. The Morgan fingerprint density at radius 1 is 0.667 bits per heavy atom. The first kappa shape index (κ1) is 22.0. The molecule has 0 aliphatic rings. The normalized spacial score (nSPS) is 11.3. The maximum atomic E-state index is 11.0. The van der Waals surface area contributed by atoms with Gasteiger partial charge in [0.15, 0.2) is 0 Å². The number of hydrogen-bond acceptors (Lipinski definition) is 4. The summed E-state index contributed by atoms with van der Waals surface area (Å²) in [6.07, 6.45) is 0. The van der Waals surface area contributed by atoms with Gasteiger partial charge in [-0.25, -0.2) is 0 Å². The van der Waals surface area contributed by atoms with E-state index in [9.17, 15) is 10.2 Å². The fraction of sp³-hybridized carbons (Fsp3) is 0.130. The van der Waals surface area contributed by atoms with Crippen molar-refractivity contribution in [1.82, 2.24) is 0 Å². The van der Waals surface area contributed by atoms with Crippen LogP contribution in [0.1, 0.15) is 5.56 Å². The van der Waals surface area contributed by atoms with Gasteiger partial charge in [0.2, 0.25) is 0 Å². The van der Waals surface area contributed by atoms with Gasteiger partial charge in [-0.05, 0) is 122 Å². The number of aromatic hydroxyl groups is 2. The number of hydrogen-bond donors (Lipinski definition) is 2. The average molecular weight is 738 g/mol. The molecule has 4 rings (SSSR count). The molecule has 0 aliphatic heterocycles. The van der Waals surface area contributed by atoms with Gasteiger partial charge in [-0.1, -0.05) is 0 Å². The van der Waals surface area contributed by atoms with Crippen molar-refractivity contribution in [3.8, 4) is 34.1 Å². The standard InChI is InChI=1S/C23H17I3O4/c1-10-4-18(29-2)22(20-13(10)5-11(24)7-16(20)27)23-19(30-3)9-15(26)14-6-12(25)8-17(28)21(14)23/h4-9,27-28H,1-3H3. The summed E-state index contributed by atoms with van der Waals surface area (Å²) in [4.78, 5) is 0. The lowest BCUT2D eigenvalue weighted by Gasteiger charge is -2.21. The molecule has 0 amide bonds. The molecule has 0 bridgehead atoms. The van der Waals surface area contributed by atoms with Gasteiger partial charge >= 0.3 is 0 Å². The van der Waals surface area contributed by atoms with Gasteiger partial charge in [0, 0.05) is 38.0 Å². The molecule has 0 spiro atoms. The van der Waals surface area contributed by atoms with Gasteiger partial charge in [0.1, 0.15) is 23.0 Å². The van der Waals surface area contributed by atoms with Crippen LogP contribution in [-0.2, 0) is 0 Å². The summed E-state index contributed by atoms with van der Waals surface area (Å²) in [5.74, 6) is 1.53. The molecule has 154 valence electrons. The molecule has 4 nitrogen and oxygen atoms in total. The van der Waals surface area contributed by atoms with E-state index in [1.807, 2.05) is 31.2 Å². The molecule has 30 heavy (non-hydrogen) atoms. The van der Waals surface area contributed by atoms with Crippen LogP contribution in [0.2, 0.25) is 0 Å². The second-order valence-electron chi connectivity index (χ2n) is 6.90. The van der Waals surface area contributed by atoms with Crippen molar-refractivity contribution in [2.75, 3.05) is 14.2 Å². The van der Waals surface area contributed by atoms with Crippen LogP contribution in [0.15, 0.2) is 36.4 Å². The third-order valence-electron chi connectivity index (χ3n) is 5.13. The van der Waals surface area contributed by atoms with E-state index in [0.29, 0.717) is 33.4 Å². The number of fused-ring (bicyclic) bond motifs is 2. The zero-order chi connectivity index (χ0) is 21.7. The lowest BCUT2D eigenvalue weighted by atomic mass is 9.89. The molecule has 0 aromatic heterocycles. The first-order chi connectivity index (χ1) is 14.3. The van der Waals surface area contributed by atoms with Gasteiger partial charge in [0.05, 0.1) is 14.2 Å². The smallest absolute Gasteiger partial charge is 0.128 e. The molecule has 0 saturated carbocycles. The monoisotopic (exact) mass is 738 g/mol. The number of aryl methyl sites for hydroxylation is 1. The minimum absolute atomic E-state index is 0.157. The van der Waals surface area contributed by atoms with E-state index in [0.717, 1.165) is 27.0 Å². The second-order valence-corrected chi connectivity index (χ2v) is 10.6. The van der Waals surface area contributed by atoms with Crippen LogP contribution in [0.4, 0.5) is 0 Å². The van der Waals surface area contributed by atoms with Crippen molar-refractivity contribution >= 4 is 89.3 Å². The molecule has 7 heteroatoms. The summed E-state index contributed by atoms with van der Waals surface area (Å²) >= 11 is 6.65. The molecule has 0 unspecified atom stereocenters. The van der Waals surface area contributed by atoms with Crippen LogP contribution < -0.4 is 9.47 Å². The first-order valence-electron chi connectivity index (χ1n) is 8.95. The Kier molecular flexibility index (Phi) is 6.14. The largest absolute Gasteiger partial charge is 0.507 e. The van der Waals surface area contributed by atoms with Crippen LogP contribution in [0.5, 0.6) is 23.0 Å². The highest BCUT2D eigenvalue weighted by Gasteiger charge is 2.24. The lowest BCUT2D eigenvalue weighted by Crippen LogP contribution is -1.98. The van der Waals surface area contributed by atoms with Gasteiger partial charge in [-0.2, -0.15) is 0 Å². The zero-order valence-electron chi connectivity index (χ0n) is 16.3. The number of methoxy groups -OCH3 is 2. The minimum Gasteiger partial charge on any atom is -0.507 e. The molecule has 0 atom stereocenters. The second kappa shape index (κ2) is 8.38. The number of phenolic OH excluding ortho intramolecular Hbond substituents is 2. The summed E-state index contributed by atoms with van der Waals surface area (Å²) in [6, 6.07) is 11.4. The van der Waals surface area contributed by atoms with Gasteiger partial charge < -0.3 is 19.7 Å². The summed E-state index contributed by atoms with van der Waals surface area (Å²) < 4.78 is 14.4. The van der Waals surface area contributed by atoms with E-state index in [-0.39, 0.29) is 11.5 Å². The summed E-state index contributed by atoms with van der Waals surface area (Å²) in [5.41, 5.74) is 2.38. The molecule has 4 aromatic carbocycles. The van der Waals surface area contributed by atoms with Crippen LogP contribution in [0.3, 0.4) is 0 Å². The topological polar surface area (TPSA) is 58.9 Å². The molecule has 0 saturated heterocycles. The maximum absolute atomic E-state index is 11.0. The summed E-state index contributed by atoms with van der Waals surface area (Å²) in [7, 11) is 3.22. The van der Waals surface area contributed by atoms with Crippen molar-refractivity contribution in [2.45, 2.75) is 6.92 Å². The summed E-state index contributed by atoms with van der Waals surface area (Å²) in [6.45, 7) is 1.99. The quantitative estimate of drug-likeness (QED) is 0.219. The third-order valence-corrected chi connectivity index (χ3v) is 7.27. The molecule has 2 N–H and O–H groups in total. The lowest BCUT2D eigenvalue weighted by molar-refractivity contribution is 0.410. The fourth-order valence-electron chi connectivity index (χ4n) is 3.89. The number of rotatable bonds is 3. The van der Waals surface area contributed by atoms with E-state index >= 15 is 0 Å². The van der Waals surface area contributed by atoms with Crippen LogP contribution in [0, 0.1) is 17.6 Å². The van der Waals surface area contributed by atoms with Crippen LogP contribution in [-0.4, -0.2) is 24.4 Å². The molecular weight excluding hydrogens is 721 g/mol. The Balaban J connectivity index is 2.32. The van der Waals surface area contributed by atoms with Crippen molar-refractivity contribution in [3.05, 3.63) is 52.7 Å². The fourth-order valence-corrected chi connectivity index (χ4v) is 5.81. The Morgan fingerprint density at radius 2 is 1.13 bits per heavy atom. The molecular formula is C23H17I3O4. The maximum Gasteiger partial charge on any atom is 0.128 e. The van der Waals surface area contributed by atoms with Crippen molar-refractivity contribution in [1.29, 1.82) is 0 Å². The van der Waals surface area contributed by atoms with E-state index in [1.54, 1.807) is 26.4 Å². The van der Waals surface area contributed by atoms with E-state index in [4.69, 9.17) is 9.47 Å². The summed E-state index contributed by atoms with van der Waals surface area (Å²) in [5, 5.41) is 25.1. The van der Waals surface area contributed by atoms with E-state index in [1.165, 1.54) is 0 Å². The Morgan fingerprint density at radius 3 is 1.67 bits per heavy atom.